The van der Waals surface area contributed by atoms with E-state index in [4.69, 9.17) is 0 Å². The summed E-state index contributed by atoms with van der Waals surface area (Å²) in [6.07, 6.45) is 4.67. The molecule has 17 heavy (non-hydrogen) atoms. The minimum absolute atomic E-state index is 0.156. The molecule has 1 heterocycles. The lowest BCUT2D eigenvalue weighted by atomic mass is 10.1. The highest BCUT2D eigenvalue weighted by Crippen LogP contribution is 2.15. The highest BCUT2D eigenvalue weighted by molar-refractivity contribution is 8.02. The van der Waals surface area contributed by atoms with Crippen molar-refractivity contribution >= 4 is 17.5 Å². The Bertz CT molecular complexity index is 520. The normalized spacial score (nSPS) is 10.9. The van der Waals surface area contributed by atoms with Crippen molar-refractivity contribution in [2.75, 3.05) is 0 Å². The third-order valence-electron chi connectivity index (χ3n) is 2.02. The number of aromatic amines is 1. The molecule has 0 fully saturated rings. The van der Waals surface area contributed by atoms with Gasteiger partial charge < -0.3 is 4.98 Å². The molecule has 86 valence electrons. The van der Waals surface area contributed by atoms with Crippen LogP contribution in [0.5, 0.6) is 0 Å². The smallest absolute Gasteiger partial charge is 0.186 e. The van der Waals surface area contributed by atoms with Crippen LogP contribution in [0.15, 0.2) is 53.3 Å². The number of aromatic nitrogens is 2. The monoisotopic (exact) mass is 248 g/mol. The van der Waals surface area contributed by atoms with Gasteiger partial charge in [0.15, 0.2) is 5.78 Å². The van der Waals surface area contributed by atoms with Crippen molar-refractivity contribution < 1.29 is 9.18 Å². The second-order valence-corrected chi connectivity index (χ2v) is 4.16. The number of thioether (sulfide) groups is 1. The summed E-state index contributed by atoms with van der Waals surface area (Å²) in [5.74, 6) is -0.505. The number of allylic oxidation sites excluding steroid dienone is 1. The van der Waals surface area contributed by atoms with E-state index in [2.05, 4.69) is 9.97 Å². The average Bonchev–Trinajstić information content (AvgIpc) is 2.83. The van der Waals surface area contributed by atoms with Gasteiger partial charge in [0.25, 0.3) is 0 Å². The molecule has 5 heteroatoms. The predicted molar refractivity (Wildman–Crippen MR) is 64.3 cm³/mol. The molecule has 0 aliphatic heterocycles. The van der Waals surface area contributed by atoms with Gasteiger partial charge in [-0.15, -0.1) is 0 Å². The molecule has 1 aromatic carbocycles. The number of halogens is 1. The first-order chi connectivity index (χ1) is 8.25. The van der Waals surface area contributed by atoms with Gasteiger partial charge in [0.1, 0.15) is 5.82 Å². The standard InChI is InChI=1S/C12H9FN2OS/c13-10-3-1-9(2-4-10)11(16)5-6-17-12-7-14-8-15-12/h1-8H,(H,14,15)/b6-5+. The molecule has 2 aromatic rings. The Hall–Kier alpha value is -1.88. The Balaban J connectivity index is 1.97. The number of benzene rings is 1. The lowest BCUT2D eigenvalue weighted by Gasteiger charge is -1.94. The molecular weight excluding hydrogens is 239 g/mol. The first-order valence-corrected chi connectivity index (χ1v) is 5.75. The van der Waals surface area contributed by atoms with Crippen molar-refractivity contribution in [2.45, 2.75) is 5.03 Å². The van der Waals surface area contributed by atoms with Gasteiger partial charge in [-0.1, -0.05) is 11.8 Å². The number of hydrogen-bond donors (Lipinski definition) is 1. The highest BCUT2D eigenvalue weighted by atomic mass is 32.2. The number of carbonyl (C=O) groups excluding carboxylic acids is 1. The molecule has 0 radical (unpaired) electrons. The SMILES string of the molecule is O=C(/C=C/Sc1cnc[nH]1)c1ccc(F)cc1. The van der Waals surface area contributed by atoms with Crippen LogP contribution < -0.4 is 0 Å². The number of hydrogen-bond acceptors (Lipinski definition) is 3. The van der Waals surface area contributed by atoms with Gasteiger partial charge in [0.2, 0.25) is 0 Å². The maximum atomic E-state index is 12.6. The summed E-state index contributed by atoms with van der Waals surface area (Å²) in [5.41, 5.74) is 0.466. The molecule has 0 amide bonds. The number of rotatable bonds is 4. The minimum atomic E-state index is -0.350. The first-order valence-electron chi connectivity index (χ1n) is 4.87. The Morgan fingerprint density at radius 3 is 2.76 bits per heavy atom. The lowest BCUT2D eigenvalue weighted by molar-refractivity contribution is 0.104. The number of nitrogens with one attached hydrogen (secondary N) is 1. The quantitative estimate of drug-likeness (QED) is 0.514. The van der Waals surface area contributed by atoms with Gasteiger partial charge in [0.05, 0.1) is 17.6 Å². The number of imidazole rings is 1. The minimum Gasteiger partial charge on any atom is -0.340 e. The lowest BCUT2D eigenvalue weighted by Crippen LogP contribution is -1.93. The van der Waals surface area contributed by atoms with Crippen LogP contribution in [0.25, 0.3) is 0 Å². The van der Waals surface area contributed by atoms with Crippen molar-refractivity contribution in [1.82, 2.24) is 9.97 Å². The maximum absolute atomic E-state index is 12.6. The molecule has 2 rings (SSSR count). The second kappa shape index (κ2) is 5.45. The predicted octanol–water partition coefficient (Wildman–Crippen LogP) is 3.04. The van der Waals surface area contributed by atoms with E-state index in [0.29, 0.717) is 5.56 Å². The largest absolute Gasteiger partial charge is 0.340 e. The Kier molecular flexibility index (Phi) is 3.72. The van der Waals surface area contributed by atoms with Crippen molar-refractivity contribution in [3.63, 3.8) is 0 Å². The van der Waals surface area contributed by atoms with E-state index in [1.54, 1.807) is 17.9 Å². The molecule has 3 nitrogen and oxygen atoms in total. The Labute approximate surface area is 102 Å². The fourth-order valence-electron chi connectivity index (χ4n) is 1.19. The fourth-order valence-corrected chi connectivity index (χ4v) is 1.77. The molecule has 1 aromatic heterocycles. The molecule has 0 aliphatic rings. The van der Waals surface area contributed by atoms with Crippen molar-refractivity contribution in [3.05, 3.63) is 59.7 Å². The van der Waals surface area contributed by atoms with Gasteiger partial charge >= 0.3 is 0 Å². The van der Waals surface area contributed by atoms with E-state index in [9.17, 15) is 9.18 Å². The number of ketones is 1. The number of carbonyl (C=O) groups is 1. The molecule has 0 bridgehead atoms. The number of H-pyrrole nitrogens is 1. The van der Waals surface area contributed by atoms with Crippen molar-refractivity contribution in [1.29, 1.82) is 0 Å². The Morgan fingerprint density at radius 1 is 1.35 bits per heavy atom. The number of nitrogens with zero attached hydrogens (tertiary/aromatic N) is 1. The molecule has 0 saturated heterocycles. The molecule has 0 unspecified atom stereocenters. The summed E-state index contributed by atoms with van der Waals surface area (Å²) in [7, 11) is 0. The summed E-state index contributed by atoms with van der Waals surface area (Å²) in [5, 5.41) is 2.52. The van der Waals surface area contributed by atoms with Gasteiger partial charge in [0, 0.05) is 5.56 Å². The van der Waals surface area contributed by atoms with Gasteiger partial charge in [-0.3, -0.25) is 4.79 Å². The van der Waals surface area contributed by atoms with Crippen molar-refractivity contribution in [2.24, 2.45) is 0 Å². The van der Waals surface area contributed by atoms with Gasteiger partial charge in [-0.2, -0.15) is 0 Å². The molecule has 0 atom stereocenters. The van der Waals surface area contributed by atoms with Crippen LogP contribution in [-0.2, 0) is 0 Å². The highest BCUT2D eigenvalue weighted by Gasteiger charge is 2.01. The van der Waals surface area contributed by atoms with Crippen LogP contribution in [0, 0.1) is 5.82 Å². The van der Waals surface area contributed by atoms with Gasteiger partial charge in [-0.05, 0) is 35.7 Å². The third-order valence-corrected chi connectivity index (χ3v) is 2.77. The zero-order valence-electron chi connectivity index (χ0n) is 8.76. The molecule has 0 aliphatic carbocycles. The molecule has 0 saturated carbocycles. The summed E-state index contributed by atoms with van der Waals surface area (Å²) < 4.78 is 12.6. The van der Waals surface area contributed by atoms with E-state index < -0.39 is 0 Å². The molecule has 0 spiro atoms. The molecular formula is C12H9FN2OS. The van der Waals surface area contributed by atoms with Crippen LogP contribution in [0.3, 0.4) is 0 Å². The zero-order valence-corrected chi connectivity index (χ0v) is 9.58. The topological polar surface area (TPSA) is 45.8 Å². The Morgan fingerprint density at radius 2 is 2.12 bits per heavy atom. The van der Waals surface area contributed by atoms with Crippen LogP contribution in [0.2, 0.25) is 0 Å². The third kappa shape index (κ3) is 3.29. The van der Waals surface area contributed by atoms with Crippen molar-refractivity contribution in [3.8, 4) is 0 Å². The van der Waals surface area contributed by atoms with E-state index >= 15 is 0 Å². The summed E-state index contributed by atoms with van der Waals surface area (Å²) >= 11 is 1.36. The van der Waals surface area contributed by atoms with E-state index in [1.807, 2.05) is 0 Å². The van der Waals surface area contributed by atoms with Crippen LogP contribution in [0.1, 0.15) is 10.4 Å². The van der Waals surface area contributed by atoms with Crippen LogP contribution in [0.4, 0.5) is 4.39 Å². The summed E-state index contributed by atoms with van der Waals surface area (Å²) in [4.78, 5) is 18.4. The van der Waals surface area contributed by atoms with E-state index in [0.717, 1.165) is 5.03 Å². The maximum Gasteiger partial charge on any atom is 0.186 e. The first kappa shape index (κ1) is 11.6. The average molecular weight is 248 g/mol. The van der Waals surface area contributed by atoms with E-state index in [-0.39, 0.29) is 11.6 Å². The second-order valence-electron chi connectivity index (χ2n) is 3.21. The summed E-state index contributed by atoms with van der Waals surface area (Å²) in [6, 6.07) is 5.46. The zero-order chi connectivity index (χ0) is 12.1. The van der Waals surface area contributed by atoms with E-state index in [1.165, 1.54) is 42.1 Å². The fraction of sp³-hybridized carbons (Fsp3) is 0. The van der Waals surface area contributed by atoms with Crippen LogP contribution >= 0.6 is 11.8 Å². The van der Waals surface area contributed by atoms with Crippen LogP contribution in [-0.4, -0.2) is 15.8 Å². The van der Waals surface area contributed by atoms with Gasteiger partial charge in [-0.25, -0.2) is 9.37 Å². The molecule has 1 N–H and O–H groups in total. The summed E-state index contributed by atoms with van der Waals surface area (Å²) in [6.45, 7) is 0.